The Labute approximate surface area is 101 Å². The molecule has 0 bridgehead atoms. The molecule has 0 saturated heterocycles. The molecular formula is C10H9ClN2O2S. The van der Waals surface area contributed by atoms with Crippen molar-refractivity contribution in [3.63, 3.8) is 0 Å². The molecule has 2 heterocycles. The fourth-order valence-corrected chi connectivity index (χ4v) is 2.31. The molecule has 4 nitrogen and oxygen atoms in total. The lowest BCUT2D eigenvalue weighted by Gasteiger charge is -1.90. The van der Waals surface area contributed by atoms with E-state index < -0.39 is 5.97 Å². The van der Waals surface area contributed by atoms with Crippen LogP contribution < -0.4 is 0 Å². The smallest absolute Gasteiger partial charge is 0.303 e. The predicted octanol–water partition coefficient (Wildman–Crippen LogP) is 2.81. The number of aliphatic carboxylic acids is 1. The highest BCUT2D eigenvalue weighted by molar-refractivity contribution is 7.19. The maximum atomic E-state index is 10.4. The van der Waals surface area contributed by atoms with Crippen LogP contribution in [0, 0.1) is 0 Å². The number of rotatable bonds is 4. The first kappa shape index (κ1) is 11.2. The van der Waals surface area contributed by atoms with Crippen molar-refractivity contribution in [2.24, 2.45) is 0 Å². The summed E-state index contributed by atoms with van der Waals surface area (Å²) in [6.45, 7) is 0. The van der Waals surface area contributed by atoms with Crippen molar-refractivity contribution in [2.75, 3.05) is 0 Å². The van der Waals surface area contributed by atoms with E-state index in [9.17, 15) is 4.79 Å². The van der Waals surface area contributed by atoms with Gasteiger partial charge in [-0.1, -0.05) is 11.6 Å². The van der Waals surface area contributed by atoms with Crippen LogP contribution in [0.25, 0.3) is 10.6 Å². The van der Waals surface area contributed by atoms with Gasteiger partial charge in [-0.15, -0.1) is 11.3 Å². The molecule has 0 aliphatic rings. The van der Waals surface area contributed by atoms with Gasteiger partial charge in [-0.3, -0.25) is 9.89 Å². The number of carboxylic acid groups (broad SMARTS) is 1. The molecule has 16 heavy (non-hydrogen) atoms. The lowest BCUT2D eigenvalue weighted by molar-refractivity contribution is -0.136. The Hall–Kier alpha value is -1.33. The summed E-state index contributed by atoms with van der Waals surface area (Å²) >= 11 is 7.27. The standard InChI is InChI=1S/C10H9ClN2O2S/c11-9-3-2-8(16-9)7-5-6(12-13-7)1-4-10(14)15/h2-3,5H,1,4H2,(H,12,13)(H,14,15). The van der Waals surface area contributed by atoms with E-state index in [1.165, 1.54) is 11.3 Å². The van der Waals surface area contributed by atoms with E-state index in [0.717, 1.165) is 16.3 Å². The number of hydrogen-bond donors (Lipinski definition) is 2. The highest BCUT2D eigenvalue weighted by Gasteiger charge is 2.07. The van der Waals surface area contributed by atoms with Gasteiger partial charge in [0.25, 0.3) is 0 Å². The van der Waals surface area contributed by atoms with E-state index in [1.54, 1.807) is 0 Å². The van der Waals surface area contributed by atoms with Crippen LogP contribution in [0.3, 0.4) is 0 Å². The molecule has 2 rings (SSSR count). The van der Waals surface area contributed by atoms with Gasteiger partial charge in [-0.25, -0.2) is 0 Å². The molecule has 2 aromatic rings. The number of nitrogens with zero attached hydrogens (tertiary/aromatic N) is 1. The van der Waals surface area contributed by atoms with Crippen LogP contribution in [0.15, 0.2) is 18.2 Å². The van der Waals surface area contributed by atoms with Crippen molar-refractivity contribution in [3.05, 3.63) is 28.2 Å². The van der Waals surface area contributed by atoms with Crippen LogP contribution in [0.2, 0.25) is 4.34 Å². The molecule has 0 atom stereocenters. The second kappa shape index (κ2) is 4.67. The molecule has 0 amide bonds. The van der Waals surface area contributed by atoms with Crippen LogP contribution >= 0.6 is 22.9 Å². The number of thiophene rings is 1. The number of aromatic amines is 1. The summed E-state index contributed by atoms with van der Waals surface area (Å²) in [5.41, 5.74) is 1.62. The number of carboxylic acids is 1. The Kier molecular flexibility index (Phi) is 3.26. The highest BCUT2D eigenvalue weighted by Crippen LogP contribution is 2.29. The minimum Gasteiger partial charge on any atom is -0.481 e. The molecule has 6 heteroatoms. The van der Waals surface area contributed by atoms with E-state index in [1.807, 2.05) is 18.2 Å². The summed E-state index contributed by atoms with van der Waals surface area (Å²) in [5.74, 6) is -0.810. The Bertz CT molecular complexity index is 506. The molecule has 0 fully saturated rings. The van der Waals surface area contributed by atoms with Crippen molar-refractivity contribution in [1.82, 2.24) is 10.2 Å². The number of carbonyl (C=O) groups is 1. The Morgan fingerprint density at radius 2 is 2.38 bits per heavy atom. The van der Waals surface area contributed by atoms with Crippen molar-refractivity contribution >= 4 is 28.9 Å². The molecule has 0 saturated carbocycles. The van der Waals surface area contributed by atoms with Gasteiger partial charge in [0.2, 0.25) is 0 Å². The molecule has 2 N–H and O–H groups in total. The fourth-order valence-electron chi connectivity index (χ4n) is 1.31. The average molecular weight is 257 g/mol. The van der Waals surface area contributed by atoms with Gasteiger partial charge >= 0.3 is 5.97 Å². The van der Waals surface area contributed by atoms with Crippen LogP contribution in [-0.2, 0) is 11.2 Å². The van der Waals surface area contributed by atoms with Crippen LogP contribution in [0.4, 0.5) is 0 Å². The number of nitrogens with one attached hydrogen (secondary N) is 1. The summed E-state index contributed by atoms with van der Waals surface area (Å²) in [6.07, 6.45) is 0.564. The quantitative estimate of drug-likeness (QED) is 0.884. The summed E-state index contributed by atoms with van der Waals surface area (Å²) in [4.78, 5) is 11.4. The highest BCUT2D eigenvalue weighted by atomic mass is 35.5. The summed E-state index contributed by atoms with van der Waals surface area (Å²) in [7, 11) is 0. The Morgan fingerprint density at radius 3 is 3.00 bits per heavy atom. The molecular weight excluding hydrogens is 248 g/mol. The zero-order valence-corrected chi connectivity index (χ0v) is 9.81. The second-order valence-corrected chi connectivity index (χ2v) is 4.99. The van der Waals surface area contributed by atoms with Crippen molar-refractivity contribution in [3.8, 4) is 10.6 Å². The molecule has 0 unspecified atom stereocenters. The normalized spacial score (nSPS) is 10.6. The largest absolute Gasteiger partial charge is 0.481 e. The molecule has 84 valence electrons. The van der Waals surface area contributed by atoms with Crippen molar-refractivity contribution in [1.29, 1.82) is 0 Å². The summed E-state index contributed by atoms with van der Waals surface area (Å²) in [6, 6.07) is 5.56. The van der Waals surface area contributed by atoms with E-state index >= 15 is 0 Å². The number of H-pyrrole nitrogens is 1. The fraction of sp³-hybridized carbons (Fsp3) is 0.200. The lowest BCUT2D eigenvalue weighted by Crippen LogP contribution is -1.97. The maximum Gasteiger partial charge on any atom is 0.303 e. The minimum atomic E-state index is -0.810. The molecule has 0 radical (unpaired) electrons. The third-order valence-corrected chi connectivity index (χ3v) is 3.32. The zero-order valence-electron chi connectivity index (χ0n) is 8.24. The minimum absolute atomic E-state index is 0.104. The topological polar surface area (TPSA) is 66.0 Å². The number of aryl methyl sites for hydroxylation is 1. The van der Waals surface area contributed by atoms with Gasteiger partial charge in [-0.2, -0.15) is 5.10 Å². The van der Waals surface area contributed by atoms with Crippen LogP contribution in [-0.4, -0.2) is 21.3 Å². The Balaban J connectivity index is 2.10. The first-order chi connectivity index (χ1) is 7.65. The first-order valence-electron chi connectivity index (χ1n) is 4.67. The molecule has 2 aromatic heterocycles. The van der Waals surface area contributed by atoms with Gasteiger partial charge in [0.15, 0.2) is 0 Å². The van der Waals surface area contributed by atoms with Crippen LogP contribution in [0.1, 0.15) is 12.1 Å². The second-order valence-electron chi connectivity index (χ2n) is 3.28. The SMILES string of the molecule is O=C(O)CCc1cc(-c2ccc(Cl)s2)n[nH]1. The monoisotopic (exact) mass is 256 g/mol. The van der Waals surface area contributed by atoms with E-state index in [0.29, 0.717) is 10.8 Å². The summed E-state index contributed by atoms with van der Waals surface area (Å²) in [5, 5.41) is 15.5. The third kappa shape index (κ3) is 2.62. The van der Waals surface area contributed by atoms with Gasteiger partial charge in [0.05, 0.1) is 15.6 Å². The van der Waals surface area contributed by atoms with Gasteiger partial charge in [0, 0.05) is 5.69 Å². The first-order valence-corrected chi connectivity index (χ1v) is 5.86. The molecule has 0 aromatic carbocycles. The van der Waals surface area contributed by atoms with Gasteiger partial charge in [-0.05, 0) is 24.6 Å². The number of aromatic nitrogens is 2. The zero-order chi connectivity index (χ0) is 11.5. The molecule has 0 aliphatic carbocycles. The molecule has 0 spiro atoms. The third-order valence-electron chi connectivity index (χ3n) is 2.06. The van der Waals surface area contributed by atoms with Crippen molar-refractivity contribution in [2.45, 2.75) is 12.8 Å². The molecule has 0 aliphatic heterocycles. The lowest BCUT2D eigenvalue weighted by atomic mass is 10.2. The van der Waals surface area contributed by atoms with E-state index in [4.69, 9.17) is 16.7 Å². The van der Waals surface area contributed by atoms with Gasteiger partial charge < -0.3 is 5.11 Å². The van der Waals surface area contributed by atoms with E-state index in [2.05, 4.69) is 10.2 Å². The van der Waals surface area contributed by atoms with Crippen molar-refractivity contribution < 1.29 is 9.90 Å². The Morgan fingerprint density at radius 1 is 1.56 bits per heavy atom. The predicted molar refractivity (Wildman–Crippen MR) is 62.9 cm³/mol. The van der Waals surface area contributed by atoms with E-state index in [-0.39, 0.29) is 6.42 Å². The number of hydrogen-bond acceptors (Lipinski definition) is 3. The maximum absolute atomic E-state index is 10.4. The average Bonchev–Trinajstić information content (AvgIpc) is 2.83. The van der Waals surface area contributed by atoms with Gasteiger partial charge in [0.1, 0.15) is 5.69 Å². The number of halogens is 1. The summed E-state index contributed by atoms with van der Waals surface area (Å²) < 4.78 is 0.713. The van der Waals surface area contributed by atoms with Crippen LogP contribution in [0.5, 0.6) is 0 Å².